The maximum absolute atomic E-state index is 12.3. The number of hydrogen-bond acceptors (Lipinski definition) is 2. The molecule has 2 amide bonds. The Hall–Kier alpha value is -3.12. The fourth-order valence-corrected chi connectivity index (χ4v) is 4.57. The molecule has 0 radical (unpaired) electrons. The second-order valence-electron chi connectivity index (χ2n) is 7.26. The van der Waals surface area contributed by atoms with E-state index in [-0.39, 0.29) is 6.04 Å². The van der Waals surface area contributed by atoms with Crippen LogP contribution in [0, 0.1) is 0 Å². The molecule has 0 saturated carbocycles. The molecule has 1 unspecified atom stereocenters. The second kappa shape index (κ2) is 7.04. The van der Waals surface area contributed by atoms with Crippen molar-refractivity contribution in [3.8, 4) is 11.1 Å². The lowest BCUT2D eigenvalue weighted by Crippen LogP contribution is -2.43. The van der Waals surface area contributed by atoms with Crippen molar-refractivity contribution in [3.05, 3.63) is 88.2 Å². The van der Waals surface area contributed by atoms with Gasteiger partial charge in [-0.05, 0) is 50.7 Å². The average Bonchev–Trinajstić information content (AvgIpc) is 3.15. The third kappa shape index (κ3) is 3.09. The van der Waals surface area contributed by atoms with Crippen LogP contribution in [-0.2, 0) is 6.42 Å². The highest BCUT2D eigenvalue weighted by Crippen LogP contribution is 2.39. The Morgan fingerprint density at radius 1 is 1.10 bits per heavy atom. The normalized spacial score (nSPS) is 16.0. The minimum absolute atomic E-state index is 0.245. The molecule has 5 nitrogen and oxygen atoms in total. The number of carbonyl (C=O) groups is 1. The molecule has 1 aliphatic rings. The molecule has 6 heteroatoms. The highest BCUT2D eigenvalue weighted by Gasteiger charge is 2.33. The number of pyridine rings is 1. The van der Waals surface area contributed by atoms with Crippen molar-refractivity contribution in [1.29, 1.82) is 0 Å². The van der Waals surface area contributed by atoms with Crippen molar-refractivity contribution in [2.75, 3.05) is 6.54 Å². The first-order chi connectivity index (χ1) is 14.1. The van der Waals surface area contributed by atoms with E-state index in [1.807, 2.05) is 30.5 Å². The molecule has 0 aliphatic carbocycles. The summed E-state index contributed by atoms with van der Waals surface area (Å²) in [5.74, 6) is 0. The highest BCUT2D eigenvalue weighted by molar-refractivity contribution is 9.10. The van der Waals surface area contributed by atoms with Gasteiger partial charge in [-0.15, -0.1) is 0 Å². The Labute approximate surface area is 176 Å². The molecule has 3 N–H and O–H groups in total. The fourth-order valence-electron chi connectivity index (χ4n) is 4.23. The number of halogens is 1. The number of nitrogens with zero attached hydrogens (tertiary/aromatic N) is 2. The summed E-state index contributed by atoms with van der Waals surface area (Å²) in [5.41, 5.74) is 12.3. The van der Waals surface area contributed by atoms with Crippen molar-refractivity contribution < 1.29 is 4.79 Å². The fraction of sp³-hybridized carbons (Fsp3) is 0.130. The number of urea groups is 1. The van der Waals surface area contributed by atoms with E-state index in [9.17, 15) is 4.79 Å². The van der Waals surface area contributed by atoms with Crippen molar-refractivity contribution >= 4 is 33.0 Å². The Kier molecular flexibility index (Phi) is 4.36. The number of aromatic amines is 1. The minimum Gasteiger partial charge on any atom is -0.351 e. The third-order valence-corrected chi connectivity index (χ3v) is 6.02. The first-order valence-corrected chi connectivity index (χ1v) is 10.3. The number of rotatable bonds is 2. The number of nitrogens with one attached hydrogen (secondary N) is 1. The zero-order chi connectivity index (χ0) is 20.0. The SMILES string of the molecule is NC(=O)N1CCc2cc(-c3ccccc3)ccc2C1c1c[nH]c2ncc(Br)cc12. The van der Waals surface area contributed by atoms with Gasteiger partial charge in [0, 0.05) is 34.4 Å². The molecule has 5 rings (SSSR count). The summed E-state index contributed by atoms with van der Waals surface area (Å²) in [7, 11) is 0. The largest absolute Gasteiger partial charge is 0.351 e. The average molecular weight is 447 g/mol. The van der Waals surface area contributed by atoms with E-state index >= 15 is 0 Å². The number of primary amides is 1. The van der Waals surface area contributed by atoms with Gasteiger partial charge in [0.25, 0.3) is 0 Å². The summed E-state index contributed by atoms with van der Waals surface area (Å²) in [6.45, 7) is 0.583. The number of carbonyl (C=O) groups excluding carboxylic acids is 1. The number of benzene rings is 2. The van der Waals surface area contributed by atoms with Crippen LogP contribution in [0.4, 0.5) is 4.79 Å². The first kappa shape index (κ1) is 17.9. The van der Waals surface area contributed by atoms with Gasteiger partial charge in [-0.3, -0.25) is 0 Å². The smallest absolute Gasteiger partial charge is 0.315 e. The van der Waals surface area contributed by atoms with Gasteiger partial charge in [0.2, 0.25) is 0 Å². The molecule has 2 aromatic heterocycles. The Balaban J connectivity index is 1.67. The van der Waals surface area contributed by atoms with Crippen molar-refractivity contribution in [2.24, 2.45) is 5.73 Å². The molecule has 29 heavy (non-hydrogen) atoms. The lowest BCUT2D eigenvalue weighted by Gasteiger charge is -2.36. The van der Waals surface area contributed by atoms with Gasteiger partial charge < -0.3 is 15.6 Å². The van der Waals surface area contributed by atoms with Crippen molar-refractivity contribution in [2.45, 2.75) is 12.5 Å². The van der Waals surface area contributed by atoms with Gasteiger partial charge >= 0.3 is 6.03 Å². The van der Waals surface area contributed by atoms with Crippen LogP contribution in [0.5, 0.6) is 0 Å². The van der Waals surface area contributed by atoms with E-state index in [1.165, 1.54) is 16.7 Å². The maximum atomic E-state index is 12.3. The van der Waals surface area contributed by atoms with E-state index in [0.717, 1.165) is 33.1 Å². The number of amides is 2. The lowest BCUT2D eigenvalue weighted by atomic mass is 9.86. The molecule has 4 aromatic rings. The summed E-state index contributed by atoms with van der Waals surface area (Å²) < 4.78 is 0.895. The Morgan fingerprint density at radius 2 is 1.93 bits per heavy atom. The maximum Gasteiger partial charge on any atom is 0.315 e. The zero-order valence-electron chi connectivity index (χ0n) is 15.6. The topological polar surface area (TPSA) is 75.0 Å². The van der Waals surface area contributed by atoms with Gasteiger partial charge in [-0.25, -0.2) is 9.78 Å². The van der Waals surface area contributed by atoms with Gasteiger partial charge in [0.15, 0.2) is 0 Å². The van der Waals surface area contributed by atoms with Gasteiger partial charge in [0.1, 0.15) is 5.65 Å². The van der Waals surface area contributed by atoms with Crippen LogP contribution in [0.1, 0.15) is 22.7 Å². The monoisotopic (exact) mass is 446 g/mol. The van der Waals surface area contributed by atoms with Crippen molar-refractivity contribution in [1.82, 2.24) is 14.9 Å². The lowest BCUT2D eigenvalue weighted by molar-refractivity contribution is 0.190. The van der Waals surface area contributed by atoms with Crippen LogP contribution in [0.3, 0.4) is 0 Å². The molecule has 144 valence electrons. The third-order valence-electron chi connectivity index (χ3n) is 5.59. The number of fused-ring (bicyclic) bond motifs is 2. The number of hydrogen-bond donors (Lipinski definition) is 2. The van der Waals surface area contributed by atoms with Gasteiger partial charge in [0.05, 0.1) is 6.04 Å². The predicted molar refractivity (Wildman–Crippen MR) is 118 cm³/mol. The van der Waals surface area contributed by atoms with E-state index < -0.39 is 6.03 Å². The molecule has 0 spiro atoms. The number of aromatic nitrogens is 2. The molecular weight excluding hydrogens is 428 g/mol. The van der Waals surface area contributed by atoms with Crippen LogP contribution >= 0.6 is 15.9 Å². The molecule has 1 atom stereocenters. The van der Waals surface area contributed by atoms with E-state index in [1.54, 1.807) is 11.1 Å². The second-order valence-corrected chi connectivity index (χ2v) is 8.17. The zero-order valence-corrected chi connectivity index (χ0v) is 17.2. The van der Waals surface area contributed by atoms with Crippen LogP contribution in [0.25, 0.3) is 22.2 Å². The van der Waals surface area contributed by atoms with E-state index in [4.69, 9.17) is 5.73 Å². The standard InChI is InChI=1S/C23H19BrN4O/c24-17-11-19-20(13-27-22(19)26-12-17)21-18-7-6-15(14-4-2-1-3-5-14)10-16(18)8-9-28(21)23(25)29/h1-7,10-13,21H,8-9H2,(H2,25,29)(H,26,27). The summed E-state index contributed by atoms with van der Waals surface area (Å²) in [6.07, 6.45) is 4.47. The molecule has 3 heterocycles. The molecule has 0 bridgehead atoms. The molecule has 1 aliphatic heterocycles. The van der Waals surface area contributed by atoms with E-state index in [2.05, 4.69) is 56.2 Å². The summed E-state index contributed by atoms with van der Waals surface area (Å²) in [4.78, 5) is 21.7. The first-order valence-electron chi connectivity index (χ1n) is 9.48. The van der Waals surface area contributed by atoms with Crippen molar-refractivity contribution in [3.63, 3.8) is 0 Å². The Bertz CT molecular complexity index is 1220. The molecule has 0 fully saturated rings. The predicted octanol–water partition coefficient (Wildman–Crippen LogP) is 5.02. The van der Waals surface area contributed by atoms with Crippen LogP contribution < -0.4 is 5.73 Å². The number of H-pyrrole nitrogens is 1. The highest BCUT2D eigenvalue weighted by atomic mass is 79.9. The van der Waals surface area contributed by atoms with Gasteiger partial charge in [-0.1, -0.05) is 48.5 Å². The quantitative estimate of drug-likeness (QED) is 0.453. The summed E-state index contributed by atoms with van der Waals surface area (Å²) in [5, 5.41) is 0.982. The van der Waals surface area contributed by atoms with Gasteiger partial charge in [-0.2, -0.15) is 0 Å². The van der Waals surface area contributed by atoms with E-state index in [0.29, 0.717) is 6.54 Å². The molecule has 0 saturated heterocycles. The molecular formula is C23H19BrN4O. The molecule has 2 aromatic carbocycles. The van der Waals surface area contributed by atoms with Crippen LogP contribution in [0.15, 0.2) is 71.5 Å². The van der Waals surface area contributed by atoms with Crippen LogP contribution in [-0.4, -0.2) is 27.4 Å². The Morgan fingerprint density at radius 3 is 2.72 bits per heavy atom. The number of nitrogens with two attached hydrogens (primary N) is 1. The summed E-state index contributed by atoms with van der Waals surface area (Å²) >= 11 is 3.50. The summed E-state index contributed by atoms with van der Waals surface area (Å²) in [6, 6.07) is 18.2. The van der Waals surface area contributed by atoms with Crippen LogP contribution in [0.2, 0.25) is 0 Å². The minimum atomic E-state index is -0.412.